The molecule has 2 rings (SSSR count). The van der Waals surface area contributed by atoms with Crippen LogP contribution in [0.5, 0.6) is 0 Å². The summed E-state index contributed by atoms with van der Waals surface area (Å²) in [5.74, 6) is 0. The van der Waals surface area contributed by atoms with Gasteiger partial charge < -0.3 is 9.68 Å². The molecule has 3 heteroatoms. The molecule has 0 atom stereocenters. The Kier molecular flexibility index (Phi) is 1.98. The minimum atomic E-state index is -0.755. The standard InChI is InChI=1S/C10H11BO2/c1-7(2)8-3-4-9-6-13-11(12)10(9)5-8/h3-5,12H,1,6H2,2H3. The number of fused-ring (bicyclic) bond motifs is 1. The molecule has 1 N–H and O–H groups in total. The highest BCUT2D eigenvalue weighted by Crippen LogP contribution is 2.15. The molecule has 0 saturated heterocycles. The monoisotopic (exact) mass is 174 g/mol. The van der Waals surface area contributed by atoms with Gasteiger partial charge in [0.2, 0.25) is 0 Å². The van der Waals surface area contributed by atoms with E-state index in [1.54, 1.807) is 0 Å². The van der Waals surface area contributed by atoms with Crippen molar-refractivity contribution in [2.45, 2.75) is 13.5 Å². The highest BCUT2D eigenvalue weighted by molar-refractivity contribution is 6.61. The summed E-state index contributed by atoms with van der Waals surface area (Å²) in [5, 5.41) is 9.44. The second kappa shape index (κ2) is 3.02. The summed E-state index contributed by atoms with van der Waals surface area (Å²) in [7, 11) is -0.755. The normalized spacial score (nSPS) is 14.5. The van der Waals surface area contributed by atoms with E-state index < -0.39 is 7.12 Å². The Labute approximate surface area is 78.0 Å². The molecule has 0 aliphatic carbocycles. The molecule has 0 aromatic heterocycles. The Morgan fingerprint density at radius 1 is 1.62 bits per heavy atom. The van der Waals surface area contributed by atoms with Crippen molar-refractivity contribution in [3.8, 4) is 0 Å². The summed E-state index contributed by atoms with van der Waals surface area (Å²) >= 11 is 0. The van der Waals surface area contributed by atoms with Crippen molar-refractivity contribution in [1.82, 2.24) is 0 Å². The van der Waals surface area contributed by atoms with Crippen molar-refractivity contribution in [2.24, 2.45) is 0 Å². The van der Waals surface area contributed by atoms with Crippen molar-refractivity contribution < 1.29 is 9.68 Å². The molecule has 0 spiro atoms. The third kappa shape index (κ3) is 1.41. The van der Waals surface area contributed by atoms with Gasteiger partial charge in [-0.3, -0.25) is 0 Å². The molecule has 1 aliphatic rings. The van der Waals surface area contributed by atoms with E-state index in [0.29, 0.717) is 6.61 Å². The summed E-state index contributed by atoms with van der Waals surface area (Å²) < 4.78 is 5.08. The fourth-order valence-electron chi connectivity index (χ4n) is 1.48. The first kappa shape index (κ1) is 8.54. The van der Waals surface area contributed by atoms with Gasteiger partial charge in [0.1, 0.15) is 0 Å². The van der Waals surface area contributed by atoms with Crippen molar-refractivity contribution in [3.05, 3.63) is 35.9 Å². The molecule has 0 bridgehead atoms. The van der Waals surface area contributed by atoms with Crippen molar-refractivity contribution in [1.29, 1.82) is 0 Å². The Hall–Kier alpha value is -1.06. The van der Waals surface area contributed by atoms with E-state index >= 15 is 0 Å². The zero-order valence-electron chi connectivity index (χ0n) is 7.58. The Balaban J connectivity index is 2.47. The van der Waals surface area contributed by atoms with E-state index in [2.05, 4.69) is 6.58 Å². The van der Waals surface area contributed by atoms with Crippen LogP contribution in [0.4, 0.5) is 0 Å². The lowest BCUT2D eigenvalue weighted by Crippen LogP contribution is -2.28. The van der Waals surface area contributed by atoms with Crippen LogP contribution >= 0.6 is 0 Å². The van der Waals surface area contributed by atoms with E-state index in [4.69, 9.17) is 4.65 Å². The van der Waals surface area contributed by atoms with Crippen LogP contribution in [0.1, 0.15) is 18.1 Å². The second-order valence-corrected chi connectivity index (χ2v) is 3.36. The van der Waals surface area contributed by atoms with Gasteiger partial charge in [-0.25, -0.2) is 0 Å². The average molecular weight is 174 g/mol. The van der Waals surface area contributed by atoms with Crippen LogP contribution in [0.3, 0.4) is 0 Å². The maximum absolute atomic E-state index is 9.44. The van der Waals surface area contributed by atoms with Crippen LogP contribution in [0.25, 0.3) is 5.57 Å². The van der Waals surface area contributed by atoms with E-state index in [1.165, 1.54) is 0 Å². The van der Waals surface area contributed by atoms with Crippen molar-refractivity contribution in [2.75, 3.05) is 0 Å². The van der Waals surface area contributed by atoms with Crippen LogP contribution in [0.2, 0.25) is 0 Å². The maximum atomic E-state index is 9.44. The topological polar surface area (TPSA) is 29.5 Å². The van der Waals surface area contributed by atoms with E-state index in [1.807, 2.05) is 25.1 Å². The zero-order chi connectivity index (χ0) is 9.42. The van der Waals surface area contributed by atoms with Gasteiger partial charge in [-0.15, -0.1) is 0 Å². The molecule has 0 amide bonds. The number of benzene rings is 1. The van der Waals surface area contributed by atoms with Crippen molar-refractivity contribution >= 4 is 18.2 Å². The molecule has 0 saturated carbocycles. The largest absolute Gasteiger partial charge is 0.491 e. The van der Waals surface area contributed by atoms with Gasteiger partial charge in [0, 0.05) is 0 Å². The number of hydrogen-bond donors (Lipinski definition) is 1. The van der Waals surface area contributed by atoms with Gasteiger partial charge in [-0.05, 0) is 23.5 Å². The van der Waals surface area contributed by atoms with E-state index in [-0.39, 0.29) is 0 Å². The van der Waals surface area contributed by atoms with Gasteiger partial charge in [0.25, 0.3) is 0 Å². The van der Waals surface area contributed by atoms with Gasteiger partial charge >= 0.3 is 7.12 Å². The fraction of sp³-hybridized carbons (Fsp3) is 0.200. The zero-order valence-corrected chi connectivity index (χ0v) is 7.58. The lowest BCUT2D eigenvalue weighted by Gasteiger charge is -2.02. The molecule has 2 nitrogen and oxygen atoms in total. The molecular weight excluding hydrogens is 163 g/mol. The van der Waals surface area contributed by atoms with Crippen LogP contribution in [0, 0.1) is 0 Å². The number of hydrogen-bond acceptors (Lipinski definition) is 2. The summed E-state index contributed by atoms with van der Waals surface area (Å²) in [5.41, 5.74) is 4.00. The first-order valence-electron chi connectivity index (χ1n) is 4.27. The van der Waals surface area contributed by atoms with Gasteiger partial charge in [0.05, 0.1) is 6.61 Å². The van der Waals surface area contributed by atoms with Gasteiger partial charge in [-0.1, -0.05) is 30.4 Å². The Morgan fingerprint density at radius 2 is 2.38 bits per heavy atom. The highest BCUT2D eigenvalue weighted by Gasteiger charge is 2.26. The number of allylic oxidation sites excluding steroid dienone is 1. The van der Waals surface area contributed by atoms with E-state index in [9.17, 15) is 5.02 Å². The third-order valence-corrected chi connectivity index (χ3v) is 2.30. The Bertz CT molecular complexity index is 360. The summed E-state index contributed by atoms with van der Waals surface area (Å²) in [6, 6.07) is 5.92. The predicted octanol–water partition coefficient (Wildman–Crippen LogP) is 0.937. The first-order chi connectivity index (χ1) is 6.18. The Morgan fingerprint density at radius 3 is 3.08 bits per heavy atom. The molecule has 1 aromatic carbocycles. The summed E-state index contributed by atoms with van der Waals surface area (Å²) in [6.45, 7) is 6.31. The van der Waals surface area contributed by atoms with Crippen LogP contribution in [-0.2, 0) is 11.3 Å². The molecule has 0 radical (unpaired) electrons. The molecular formula is C10H11BO2. The van der Waals surface area contributed by atoms with Gasteiger partial charge in [-0.2, -0.15) is 0 Å². The SMILES string of the molecule is C=C(C)c1ccc2c(c1)B(O)OC2. The third-order valence-electron chi connectivity index (χ3n) is 2.30. The maximum Gasteiger partial charge on any atom is 0.491 e. The summed E-state index contributed by atoms with van der Waals surface area (Å²) in [4.78, 5) is 0. The van der Waals surface area contributed by atoms with Crippen molar-refractivity contribution in [3.63, 3.8) is 0 Å². The summed E-state index contributed by atoms with van der Waals surface area (Å²) in [6.07, 6.45) is 0. The van der Waals surface area contributed by atoms with Gasteiger partial charge in [0.15, 0.2) is 0 Å². The van der Waals surface area contributed by atoms with Crippen LogP contribution < -0.4 is 5.46 Å². The second-order valence-electron chi connectivity index (χ2n) is 3.36. The quantitative estimate of drug-likeness (QED) is 0.642. The van der Waals surface area contributed by atoms with E-state index in [0.717, 1.165) is 22.2 Å². The fourth-order valence-corrected chi connectivity index (χ4v) is 1.48. The van der Waals surface area contributed by atoms with Crippen LogP contribution in [-0.4, -0.2) is 12.1 Å². The molecule has 66 valence electrons. The molecule has 13 heavy (non-hydrogen) atoms. The molecule has 0 fully saturated rings. The highest BCUT2D eigenvalue weighted by atomic mass is 16.5. The first-order valence-corrected chi connectivity index (χ1v) is 4.27. The lowest BCUT2D eigenvalue weighted by atomic mass is 9.78. The molecule has 1 aliphatic heterocycles. The minimum absolute atomic E-state index is 0.507. The average Bonchev–Trinajstić information content (AvgIpc) is 2.47. The smallest absolute Gasteiger partial charge is 0.423 e. The molecule has 1 heterocycles. The molecule has 0 unspecified atom stereocenters. The molecule has 1 aromatic rings. The lowest BCUT2D eigenvalue weighted by molar-refractivity contribution is 0.275. The minimum Gasteiger partial charge on any atom is -0.423 e. The number of rotatable bonds is 1. The van der Waals surface area contributed by atoms with Crippen LogP contribution in [0.15, 0.2) is 24.8 Å². The predicted molar refractivity (Wildman–Crippen MR) is 53.5 cm³/mol.